The Morgan fingerprint density at radius 2 is 1.70 bits per heavy atom. The van der Waals surface area contributed by atoms with Crippen molar-refractivity contribution in [1.82, 2.24) is 5.32 Å². The summed E-state index contributed by atoms with van der Waals surface area (Å²) < 4.78 is 37.7. The highest BCUT2D eigenvalue weighted by atomic mass is 19.1. The molecule has 0 radical (unpaired) electrons. The van der Waals surface area contributed by atoms with Crippen molar-refractivity contribution in [2.75, 3.05) is 14.2 Å². The van der Waals surface area contributed by atoms with Crippen molar-refractivity contribution in [1.29, 1.82) is 0 Å². The second kappa shape index (κ2) is 8.98. The predicted molar refractivity (Wildman–Crippen MR) is 92.7 cm³/mol. The topological polar surface area (TPSA) is 84.9 Å². The molecule has 0 spiro atoms. The van der Waals surface area contributed by atoms with Crippen LogP contribution in [0.2, 0.25) is 0 Å². The van der Waals surface area contributed by atoms with Crippen molar-refractivity contribution in [2.24, 2.45) is 0 Å². The van der Waals surface area contributed by atoms with Crippen molar-refractivity contribution in [3.8, 4) is 11.5 Å². The maximum Gasteiger partial charge on any atom is 0.305 e. The third-order valence-electron chi connectivity index (χ3n) is 3.92. The molecule has 6 nitrogen and oxygen atoms in total. The quantitative estimate of drug-likeness (QED) is 0.737. The van der Waals surface area contributed by atoms with E-state index in [9.17, 15) is 18.4 Å². The molecule has 2 N–H and O–H groups in total. The minimum Gasteiger partial charge on any atom is -0.493 e. The summed E-state index contributed by atoms with van der Waals surface area (Å²) in [4.78, 5) is 23.4. The largest absolute Gasteiger partial charge is 0.493 e. The molecule has 2 rings (SSSR count). The number of halogens is 2. The van der Waals surface area contributed by atoms with Crippen LogP contribution in [0.4, 0.5) is 8.78 Å². The summed E-state index contributed by atoms with van der Waals surface area (Å²) in [6.07, 6.45) is -0.969. The third kappa shape index (κ3) is 5.16. The fourth-order valence-electron chi connectivity index (χ4n) is 2.60. The van der Waals surface area contributed by atoms with Crippen LogP contribution in [0.3, 0.4) is 0 Å². The minimum absolute atomic E-state index is 0.361. The molecule has 0 aromatic heterocycles. The molecule has 0 aliphatic heterocycles. The molecule has 27 heavy (non-hydrogen) atoms. The number of aliphatic carboxylic acids is 1. The van der Waals surface area contributed by atoms with Gasteiger partial charge in [0.05, 0.1) is 33.1 Å². The zero-order valence-electron chi connectivity index (χ0n) is 14.8. The van der Waals surface area contributed by atoms with Crippen LogP contribution in [0, 0.1) is 11.6 Å². The Bertz CT molecular complexity index is 821. The lowest BCUT2D eigenvalue weighted by molar-refractivity contribution is -0.137. The summed E-state index contributed by atoms with van der Waals surface area (Å²) >= 11 is 0. The Hall–Kier alpha value is -3.16. The normalized spacial score (nSPS) is 11.6. The zero-order valence-corrected chi connectivity index (χ0v) is 14.8. The van der Waals surface area contributed by atoms with E-state index in [0.29, 0.717) is 17.1 Å². The SMILES string of the molecule is COc1ccc(C(CC(=O)O)NC(=O)Cc2c(F)cccc2F)cc1OC. The average Bonchev–Trinajstić information content (AvgIpc) is 2.63. The van der Waals surface area contributed by atoms with E-state index in [0.717, 1.165) is 12.1 Å². The summed E-state index contributed by atoms with van der Waals surface area (Å²) in [7, 11) is 2.88. The molecular weight excluding hydrogens is 360 g/mol. The molecule has 0 heterocycles. The maximum atomic E-state index is 13.7. The highest BCUT2D eigenvalue weighted by Crippen LogP contribution is 2.31. The van der Waals surface area contributed by atoms with Gasteiger partial charge in [-0.05, 0) is 29.8 Å². The lowest BCUT2D eigenvalue weighted by Crippen LogP contribution is -2.31. The standard InChI is InChI=1S/C19H19F2NO5/c1-26-16-7-6-11(8-17(16)27-2)15(10-19(24)25)22-18(23)9-12-13(20)4-3-5-14(12)21/h3-8,15H,9-10H2,1-2H3,(H,22,23)(H,24,25). The van der Waals surface area contributed by atoms with Crippen LogP contribution < -0.4 is 14.8 Å². The van der Waals surface area contributed by atoms with Crippen LogP contribution in [-0.2, 0) is 16.0 Å². The van der Waals surface area contributed by atoms with E-state index >= 15 is 0 Å². The Kier molecular flexibility index (Phi) is 6.70. The minimum atomic E-state index is -1.15. The monoisotopic (exact) mass is 379 g/mol. The molecule has 1 amide bonds. The molecule has 2 aromatic rings. The number of hydrogen-bond acceptors (Lipinski definition) is 4. The van der Waals surface area contributed by atoms with Crippen LogP contribution in [0.5, 0.6) is 11.5 Å². The molecule has 0 aliphatic rings. The molecule has 0 fully saturated rings. The number of carboxylic acids is 1. The number of carbonyl (C=O) groups is 2. The molecule has 0 saturated carbocycles. The lowest BCUT2D eigenvalue weighted by atomic mass is 10.0. The molecule has 0 bridgehead atoms. The van der Waals surface area contributed by atoms with Crippen molar-refractivity contribution < 1.29 is 33.0 Å². The van der Waals surface area contributed by atoms with Gasteiger partial charge in [0.1, 0.15) is 11.6 Å². The van der Waals surface area contributed by atoms with Gasteiger partial charge in [0.2, 0.25) is 5.91 Å². The van der Waals surface area contributed by atoms with Crippen molar-refractivity contribution in [3.05, 3.63) is 59.2 Å². The van der Waals surface area contributed by atoms with Crippen molar-refractivity contribution in [2.45, 2.75) is 18.9 Å². The number of nitrogens with one attached hydrogen (secondary N) is 1. The van der Waals surface area contributed by atoms with Gasteiger partial charge >= 0.3 is 5.97 Å². The molecule has 0 aliphatic carbocycles. The average molecular weight is 379 g/mol. The van der Waals surface area contributed by atoms with Gasteiger partial charge in [-0.3, -0.25) is 9.59 Å². The molecular formula is C19H19F2NO5. The van der Waals surface area contributed by atoms with Crippen LogP contribution in [0.15, 0.2) is 36.4 Å². The number of amides is 1. The molecule has 0 saturated heterocycles. The first-order valence-electron chi connectivity index (χ1n) is 8.01. The van der Waals surface area contributed by atoms with Crippen LogP contribution in [-0.4, -0.2) is 31.2 Å². The maximum absolute atomic E-state index is 13.7. The van der Waals surface area contributed by atoms with Gasteiger partial charge in [0.15, 0.2) is 11.5 Å². The van der Waals surface area contributed by atoms with E-state index in [4.69, 9.17) is 14.6 Å². The number of hydrogen-bond donors (Lipinski definition) is 2. The fourth-order valence-corrected chi connectivity index (χ4v) is 2.60. The predicted octanol–water partition coefficient (Wildman–Crippen LogP) is 2.86. The van der Waals surface area contributed by atoms with Gasteiger partial charge in [-0.25, -0.2) is 8.78 Å². The summed E-state index contributed by atoms with van der Waals surface area (Å²) in [5.74, 6) is -2.74. The number of rotatable bonds is 8. The Morgan fingerprint density at radius 1 is 1.07 bits per heavy atom. The van der Waals surface area contributed by atoms with E-state index in [2.05, 4.69) is 5.32 Å². The van der Waals surface area contributed by atoms with Gasteiger partial charge in [-0.15, -0.1) is 0 Å². The smallest absolute Gasteiger partial charge is 0.305 e. The lowest BCUT2D eigenvalue weighted by Gasteiger charge is -2.19. The first-order valence-corrected chi connectivity index (χ1v) is 8.01. The Balaban J connectivity index is 2.24. The second-order valence-electron chi connectivity index (χ2n) is 5.71. The fraction of sp³-hybridized carbons (Fsp3) is 0.263. The van der Waals surface area contributed by atoms with Gasteiger partial charge in [0.25, 0.3) is 0 Å². The summed E-state index contributed by atoms with van der Waals surface area (Å²) in [6.45, 7) is 0. The summed E-state index contributed by atoms with van der Waals surface area (Å²) in [6, 6.07) is 7.08. The molecule has 1 atom stereocenters. The molecule has 1 unspecified atom stereocenters. The number of ether oxygens (including phenoxy) is 2. The third-order valence-corrected chi connectivity index (χ3v) is 3.92. The molecule has 144 valence electrons. The van der Waals surface area contributed by atoms with E-state index < -0.39 is 42.4 Å². The highest BCUT2D eigenvalue weighted by molar-refractivity contribution is 5.80. The van der Waals surface area contributed by atoms with Crippen molar-refractivity contribution in [3.63, 3.8) is 0 Å². The molecule has 2 aromatic carbocycles. The first-order chi connectivity index (χ1) is 12.8. The van der Waals surface area contributed by atoms with Gasteiger partial charge in [-0.2, -0.15) is 0 Å². The van der Waals surface area contributed by atoms with E-state index in [-0.39, 0.29) is 5.56 Å². The van der Waals surface area contributed by atoms with E-state index in [1.54, 1.807) is 12.1 Å². The van der Waals surface area contributed by atoms with Crippen molar-refractivity contribution >= 4 is 11.9 Å². The first kappa shape index (κ1) is 20.2. The number of benzene rings is 2. The van der Waals surface area contributed by atoms with Crippen LogP contribution >= 0.6 is 0 Å². The van der Waals surface area contributed by atoms with Gasteiger partial charge < -0.3 is 19.9 Å². The number of carboxylic acid groups (broad SMARTS) is 1. The summed E-state index contributed by atoms with van der Waals surface area (Å²) in [5, 5.41) is 11.6. The van der Waals surface area contributed by atoms with Gasteiger partial charge in [-0.1, -0.05) is 12.1 Å². The summed E-state index contributed by atoms with van der Waals surface area (Å²) in [5.41, 5.74) is 0.0776. The number of carbonyl (C=O) groups excluding carboxylic acids is 1. The number of methoxy groups -OCH3 is 2. The Labute approximate surface area is 154 Å². The second-order valence-corrected chi connectivity index (χ2v) is 5.71. The van der Waals surface area contributed by atoms with E-state index in [1.807, 2.05) is 0 Å². The zero-order chi connectivity index (χ0) is 20.0. The van der Waals surface area contributed by atoms with E-state index in [1.165, 1.54) is 26.4 Å². The van der Waals surface area contributed by atoms with Crippen LogP contribution in [0.25, 0.3) is 0 Å². The van der Waals surface area contributed by atoms with Crippen LogP contribution in [0.1, 0.15) is 23.6 Å². The highest BCUT2D eigenvalue weighted by Gasteiger charge is 2.21. The van der Waals surface area contributed by atoms with Gasteiger partial charge in [0, 0.05) is 5.56 Å². The Morgan fingerprint density at radius 3 is 2.26 bits per heavy atom. The molecule has 8 heteroatoms.